The SMILES string of the molecule is Cc1cc(F)cc(-c2nnc(CCNC(C)C)o2)c1. The summed E-state index contributed by atoms with van der Waals surface area (Å²) in [4.78, 5) is 0. The van der Waals surface area contributed by atoms with Crippen LogP contribution in [0.15, 0.2) is 22.6 Å². The summed E-state index contributed by atoms with van der Waals surface area (Å²) in [6.45, 7) is 6.77. The highest BCUT2D eigenvalue weighted by Crippen LogP contribution is 2.20. The van der Waals surface area contributed by atoms with Gasteiger partial charge in [-0.2, -0.15) is 0 Å². The summed E-state index contributed by atoms with van der Waals surface area (Å²) in [7, 11) is 0. The van der Waals surface area contributed by atoms with Crippen LogP contribution in [0.4, 0.5) is 4.39 Å². The zero-order valence-electron chi connectivity index (χ0n) is 11.4. The minimum atomic E-state index is -0.295. The van der Waals surface area contributed by atoms with Gasteiger partial charge in [0.25, 0.3) is 0 Å². The Balaban J connectivity index is 2.07. The monoisotopic (exact) mass is 263 g/mol. The minimum absolute atomic E-state index is 0.295. The zero-order valence-corrected chi connectivity index (χ0v) is 11.4. The molecule has 0 fully saturated rings. The summed E-state index contributed by atoms with van der Waals surface area (Å²) in [5.41, 5.74) is 1.45. The van der Waals surface area contributed by atoms with Crippen molar-refractivity contribution in [3.05, 3.63) is 35.5 Å². The second-order valence-electron chi connectivity index (χ2n) is 4.88. The van der Waals surface area contributed by atoms with E-state index in [1.54, 1.807) is 0 Å². The Morgan fingerprint density at radius 1 is 1.26 bits per heavy atom. The van der Waals surface area contributed by atoms with Crippen LogP contribution in [0.1, 0.15) is 25.3 Å². The summed E-state index contributed by atoms with van der Waals surface area (Å²) < 4.78 is 18.8. The van der Waals surface area contributed by atoms with Crippen molar-refractivity contribution in [2.45, 2.75) is 33.2 Å². The van der Waals surface area contributed by atoms with Gasteiger partial charge < -0.3 is 9.73 Å². The van der Waals surface area contributed by atoms with E-state index in [4.69, 9.17) is 4.42 Å². The lowest BCUT2D eigenvalue weighted by atomic mass is 10.1. The lowest BCUT2D eigenvalue weighted by molar-refractivity contribution is 0.484. The quantitative estimate of drug-likeness (QED) is 0.901. The lowest BCUT2D eigenvalue weighted by Crippen LogP contribution is -2.25. The smallest absolute Gasteiger partial charge is 0.247 e. The molecule has 0 saturated heterocycles. The third-order valence-corrected chi connectivity index (χ3v) is 2.65. The Bertz CT molecular complexity index is 531. The average Bonchev–Trinajstić information content (AvgIpc) is 2.76. The van der Waals surface area contributed by atoms with Gasteiger partial charge in [-0.1, -0.05) is 13.8 Å². The highest BCUT2D eigenvalue weighted by Gasteiger charge is 2.10. The molecule has 5 heteroatoms. The van der Waals surface area contributed by atoms with E-state index in [0.717, 1.165) is 12.1 Å². The molecular weight excluding hydrogens is 245 g/mol. The number of halogens is 1. The molecule has 4 nitrogen and oxygen atoms in total. The van der Waals surface area contributed by atoms with E-state index in [0.29, 0.717) is 29.8 Å². The van der Waals surface area contributed by atoms with Gasteiger partial charge in [0.05, 0.1) is 0 Å². The molecule has 0 atom stereocenters. The van der Waals surface area contributed by atoms with Crippen LogP contribution in [-0.2, 0) is 6.42 Å². The van der Waals surface area contributed by atoms with Crippen molar-refractivity contribution in [2.24, 2.45) is 0 Å². The van der Waals surface area contributed by atoms with E-state index in [9.17, 15) is 4.39 Å². The second-order valence-corrected chi connectivity index (χ2v) is 4.88. The predicted octanol–water partition coefficient (Wildman–Crippen LogP) is 2.72. The van der Waals surface area contributed by atoms with Crippen molar-refractivity contribution in [3.8, 4) is 11.5 Å². The van der Waals surface area contributed by atoms with Crippen molar-refractivity contribution in [1.29, 1.82) is 0 Å². The Morgan fingerprint density at radius 3 is 2.74 bits per heavy atom. The van der Waals surface area contributed by atoms with Gasteiger partial charge in [-0.05, 0) is 30.7 Å². The molecule has 0 aliphatic rings. The molecule has 2 rings (SSSR count). The third kappa shape index (κ3) is 3.86. The van der Waals surface area contributed by atoms with E-state index in [2.05, 4.69) is 29.4 Å². The summed E-state index contributed by atoms with van der Waals surface area (Å²) in [6, 6.07) is 5.12. The number of hydrogen-bond acceptors (Lipinski definition) is 4. The fourth-order valence-corrected chi connectivity index (χ4v) is 1.80. The molecule has 0 aliphatic heterocycles. The molecule has 0 unspecified atom stereocenters. The highest BCUT2D eigenvalue weighted by molar-refractivity contribution is 5.53. The second kappa shape index (κ2) is 5.93. The molecule has 0 radical (unpaired) electrons. The average molecular weight is 263 g/mol. The standard InChI is InChI=1S/C14H18FN3O/c1-9(2)16-5-4-13-17-18-14(19-13)11-6-10(3)7-12(15)8-11/h6-9,16H,4-5H2,1-3H3. The normalized spacial score (nSPS) is 11.2. The van der Waals surface area contributed by atoms with E-state index in [1.165, 1.54) is 12.1 Å². The predicted molar refractivity (Wildman–Crippen MR) is 71.3 cm³/mol. The van der Waals surface area contributed by atoms with Gasteiger partial charge in [0.2, 0.25) is 11.8 Å². The topological polar surface area (TPSA) is 51.0 Å². The van der Waals surface area contributed by atoms with Crippen LogP contribution in [0.2, 0.25) is 0 Å². The lowest BCUT2D eigenvalue weighted by Gasteiger charge is -2.04. The first kappa shape index (κ1) is 13.7. The van der Waals surface area contributed by atoms with Gasteiger partial charge in [0.1, 0.15) is 5.82 Å². The maximum Gasteiger partial charge on any atom is 0.247 e. The van der Waals surface area contributed by atoms with Crippen LogP contribution in [0.3, 0.4) is 0 Å². The Kier molecular flexibility index (Phi) is 4.27. The molecule has 0 spiro atoms. The number of nitrogens with zero attached hydrogens (tertiary/aromatic N) is 2. The van der Waals surface area contributed by atoms with Gasteiger partial charge in [-0.3, -0.25) is 0 Å². The molecule has 1 aromatic carbocycles. The van der Waals surface area contributed by atoms with Crippen molar-refractivity contribution in [1.82, 2.24) is 15.5 Å². The number of rotatable bonds is 5. The Hall–Kier alpha value is -1.75. The highest BCUT2D eigenvalue weighted by atomic mass is 19.1. The largest absolute Gasteiger partial charge is 0.421 e. The molecule has 102 valence electrons. The van der Waals surface area contributed by atoms with Crippen LogP contribution in [0.5, 0.6) is 0 Å². The number of hydrogen-bond donors (Lipinski definition) is 1. The molecule has 1 N–H and O–H groups in total. The first-order valence-corrected chi connectivity index (χ1v) is 6.38. The molecule has 0 bridgehead atoms. The molecule has 1 aromatic heterocycles. The molecule has 0 aliphatic carbocycles. The Labute approximate surface area is 112 Å². The van der Waals surface area contributed by atoms with Gasteiger partial charge in [-0.25, -0.2) is 4.39 Å². The molecule has 0 amide bonds. The number of aryl methyl sites for hydroxylation is 1. The van der Waals surface area contributed by atoms with Crippen LogP contribution in [0, 0.1) is 12.7 Å². The van der Waals surface area contributed by atoms with E-state index < -0.39 is 0 Å². The third-order valence-electron chi connectivity index (χ3n) is 2.65. The van der Waals surface area contributed by atoms with E-state index in [-0.39, 0.29) is 5.82 Å². The summed E-state index contributed by atoms with van der Waals surface area (Å²) >= 11 is 0. The van der Waals surface area contributed by atoms with Crippen LogP contribution in [-0.4, -0.2) is 22.8 Å². The van der Waals surface area contributed by atoms with Gasteiger partial charge >= 0.3 is 0 Å². The van der Waals surface area contributed by atoms with Crippen LogP contribution >= 0.6 is 0 Å². The molecule has 2 aromatic rings. The van der Waals surface area contributed by atoms with Gasteiger partial charge in [-0.15, -0.1) is 10.2 Å². The number of aromatic nitrogens is 2. The fraction of sp³-hybridized carbons (Fsp3) is 0.429. The molecule has 19 heavy (non-hydrogen) atoms. The Morgan fingerprint density at radius 2 is 2.05 bits per heavy atom. The zero-order chi connectivity index (χ0) is 13.8. The van der Waals surface area contributed by atoms with Crippen LogP contribution < -0.4 is 5.32 Å². The summed E-state index contributed by atoms with van der Waals surface area (Å²) in [5.74, 6) is 0.628. The van der Waals surface area contributed by atoms with Crippen molar-refractivity contribution >= 4 is 0 Å². The molecule has 1 heterocycles. The number of nitrogens with one attached hydrogen (secondary N) is 1. The first-order valence-electron chi connectivity index (χ1n) is 6.38. The first-order chi connectivity index (χ1) is 9.04. The van der Waals surface area contributed by atoms with E-state index >= 15 is 0 Å². The summed E-state index contributed by atoms with van der Waals surface area (Å²) in [5, 5.41) is 11.2. The minimum Gasteiger partial charge on any atom is -0.421 e. The fourth-order valence-electron chi connectivity index (χ4n) is 1.80. The maximum absolute atomic E-state index is 13.3. The van der Waals surface area contributed by atoms with E-state index in [1.807, 2.05) is 13.0 Å². The molecule has 0 saturated carbocycles. The van der Waals surface area contributed by atoms with Crippen molar-refractivity contribution < 1.29 is 8.81 Å². The maximum atomic E-state index is 13.3. The molecular formula is C14H18FN3O. The van der Waals surface area contributed by atoms with Crippen molar-refractivity contribution in [3.63, 3.8) is 0 Å². The number of benzene rings is 1. The summed E-state index contributed by atoms with van der Waals surface area (Å²) in [6.07, 6.45) is 0.666. The van der Waals surface area contributed by atoms with Crippen molar-refractivity contribution in [2.75, 3.05) is 6.54 Å². The van der Waals surface area contributed by atoms with Gasteiger partial charge in [0.15, 0.2) is 0 Å². The van der Waals surface area contributed by atoms with Gasteiger partial charge in [0, 0.05) is 24.6 Å². The van der Waals surface area contributed by atoms with Crippen LogP contribution in [0.25, 0.3) is 11.5 Å².